The number of hydrogen-bond acceptors (Lipinski definition) is 1. The highest BCUT2D eigenvalue weighted by Gasteiger charge is 2.42. The molecule has 2 unspecified atom stereocenters. The topological polar surface area (TPSA) is 24.6 Å². The fraction of sp³-hybridized carbons (Fsp3) is 0.750. The van der Waals surface area contributed by atoms with E-state index in [4.69, 9.17) is 6.57 Å². The largest absolute Gasteiger partial charge is 0.392 e. The summed E-state index contributed by atoms with van der Waals surface area (Å²) in [6.07, 6.45) is 6.78. The summed E-state index contributed by atoms with van der Waals surface area (Å²) in [5.41, 5.74) is 0. The molecule has 1 fully saturated rings. The minimum atomic E-state index is -0.308. The summed E-state index contributed by atoms with van der Waals surface area (Å²) in [6, 6.07) is 0.0151. The van der Waals surface area contributed by atoms with Gasteiger partial charge in [-0.3, -0.25) is 0 Å². The number of rotatable bonds is 3. The molecule has 2 heteroatoms. The molecule has 78 valence electrons. The molecule has 4 atom stereocenters. The zero-order valence-electron chi connectivity index (χ0n) is 8.98. The van der Waals surface area contributed by atoms with Gasteiger partial charge >= 0.3 is 0 Å². The van der Waals surface area contributed by atoms with Crippen LogP contribution in [-0.2, 0) is 0 Å². The predicted molar refractivity (Wildman–Crippen MR) is 57.7 cm³/mol. The molecule has 1 rings (SSSR count). The van der Waals surface area contributed by atoms with Crippen LogP contribution in [0, 0.1) is 18.4 Å². The van der Waals surface area contributed by atoms with E-state index >= 15 is 0 Å². The van der Waals surface area contributed by atoms with E-state index in [9.17, 15) is 5.11 Å². The lowest BCUT2D eigenvalue weighted by Gasteiger charge is -2.12. The number of aliphatic hydroxyl groups excluding tert-OH is 1. The summed E-state index contributed by atoms with van der Waals surface area (Å²) in [6.45, 7) is 11.2. The van der Waals surface area contributed by atoms with Gasteiger partial charge in [-0.25, -0.2) is 6.57 Å². The van der Waals surface area contributed by atoms with Crippen LogP contribution >= 0.6 is 0 Å². The Hall–Kier alpha value is -0.810. The van der Waals surface area contributed by atoms with Crippen molar-refractivity contribution in [1.29, 1.82) is 0 Å². The molecule has 1 aliphatic carbocycles. The van der Waals surface area contributed by atoms with Crippen LogP contribution in [0.3, 0.4) is 0 Å². The molecule has 1 N–H and O–H groups in total. The molecular weight excluding hydrogens is 174 g/mol. The Morgan fingerprint density at radius 3 is 2.79 bits per heavy atom. The second-order valence-corrected chi connectivity index (χ2v) is 4.15. The number of nitrogens with zero attached hydrogens (tertiary/aromatic N) is 1. The van der Waals surface area contributed by atoms with Gasteiger partial charge in [0.25, 0.3) is 0 Å². The van der Waals surface area contributed by atoms with E-state index in [0.717, 1.165) is 12.8 Å². The summed E-state index contributed by atoms with van der Waals surface area (Å²) in [5, 5.41) is 9.77. The van der Waals surface area contributed by atoms with E-state index < -0.39 is 0 Å². The molecular formula is C12H19NO. The van der Waals surface area contributed by atoms with Crippen LogP contribution in [0.15, 0.2) is 12.2 Å². The molecule has 0 spiro atoms. The lowest BCUT2D eigenvalue weighted by atomic mass is 9.94. The second kappa shape index (κ2) is 5.17. The van der Waals surface area contributed by atoms with Gasteiger partial charge < -0.3 is 9.95 Å². The molecule has 0 aromatic heterocycles. The molecule has 0 aromatic carbocycles. The van der Waals surface area contributed by atoms with Crippen molar-refractivity contribution in [3.05, 3.63) is 23.6 Å². The van der Waals surface area contributed by atoms with Gasteiger partial charge in [0.1, 0.15) is 0 Å². The minimum Gasteiger partial charge on any atom is -0.392 e. The molecule has 0 radical (unpaired) electrons. The fourth-order valence-corrected chi connectivity index (χ4v) is 2.12. The smallest absolute Gasteiger partial charge is 0.229 e. The van der Waals surface area contributed by atoms with Crippen molar-refractivity contribution in [2.45, 2.75) is 45.3 Å². The van der Waals surface area contributed by atoms with Gasteiger partial charge in [-0.15, -0.1) is 0 Å². The molecule has 0 saturated heterocycles. The minimum absolute atomic E-state index is 0.0151. The number of hydrogen-bond donors (Lipinski definition) is 1. The second-order valence-electron chi connectivity index (χ2n) is 4.15. The molecule has 14 heavy (non-hydrogen) atoms. The van der Waals surface area contributed by atoms with Crippen molar-refractivity contribution in [3.63, 3.8) is 0 Å². The Morgan fingerprint density at radius 1 is 1.57 bits per heavy atom. The van der Waals surface area contributed by atoms with Crippen LogP contribution in [0.4, 0.5) is 0 Å². The monoisotopic (exact) mass is 193 g/mol. The van der Waals surface area contributed by atoms with Crippen molar-refractivity contribution in [3.8, 4) is 0 Å². The Balaban J connectivity index is 2.57. The zero-order valence-corrected chi connectivity index (χ0v) is 8.98. The Labute approximate surface area is 86.5 Å². The van der Waals surface area contributed by atoms with Crippen LogP contribution in [0.25, 0.3) is 4.85 Å². The molecule has 1 aliphatic rings. The third-order valence-electron chi connectivity index (χ3n) is 3.12. The summed E-state index contributed by atoms with van der Waals surface area (Å²) < 4.78 is 0. The van der Waals surface area contributed by atoms with Gasteiger partial charge in [-0.05, 0) is 6.42 Å². The standard InChI is InChI=1S/C12H19NO/c1-4-5-6-7-10-9(2)11(13-3)8-12(10)14/h6-7,9-12,14H,4-5,8H2,1-2H3/t9?,10?,11-,12-/m1/s1. The molecule has 0 amide bonds. The first-order chi connectivity index (χ1) is 6.70. The van der Waals surface area contributed by atoms with Crippen LogP contribution in [0.2, 0.25) is 0 Å². The maximum Gasteiger partial charge on any atom is 0.229 e. The third-order valence-corrected chi connectivity index (χ3v) is 3.12. The fourth-order valence-electron chi connectivity index (χ4n) is 2.12. The quantitative estimate of drug-likeness (QED) is 0.541. The SMILES string of the molecule is [C-]#[N+][C@@H]1C[C@@H](O)C(C=CCCC)C1C. The molecule has 0 heterocycles. The average molecular weight is 193 g/mol. The Morgan fingerprint density at radius 2 is 2.29 bits per heavy atom. The Kier molecular flexibility index (Phi) is 4.16. The van der Waals surface area contributed by atoms with Gasteiger partial charge in [-0.1, -0.05) is 32.4 Å². The van der Waals surface area contributed by atoms with Crippen molar-refractivity contribution in [1.82, 2.24) is 0 Å². The van der Waals surface area contributed by atoms with Crippen molar-refractivity contribution in [2.75, 3.05) is 0 Å². The van der Waals surface area contributed by atoms with Crippen molar-refractivity contribution >= 4 is 0 Å². The Bertz CT molecular complexity index is 241. The molecule has 0 bridgehead atoms. The molecule has 1 saturated carbocycles. The van der Waals surface area contributed by atoms with Crippen molar-refractivity contribution in [2.24, 2.45) is 11.8 Å². The third kappa shape index (κ3) is 2.36. The van der Waals surface area contributed by atoms with Crippen LogP contribution < -0.4 is 0 Å². The highest BCUT2D eigenvalue weighted by atomic mass is 16.3. The first kappa shape index (κ1) is 11.3. The zero-order chi connectivity index (χ0) is 10.6. The van der Waals surface area contributed by atoms with Crippen molar-refractivity contribution < 1.29 is 5.11 Å². The first-order valence-electron chi connectivity index (χ1n) is 5.42. The highest BCUT2D eigenvalue weighted by molar-refractivity contribution is 5.06. The summed E-state index contributed by atoms with van der Waals surface area (Å²) in [4.78, 5) is 3.55. The van der Waals surface area contributed by atoms with Crippen LogP contribution in [0.5, 0.6) is 0 Å². The van der Waals surface area contributed by atoms with Gasteiger partial charge in [0.2, 0.25) is 6.04 Å². The van der Waals surface area contributed by atoms with E-state index in [1.54, 1.807) is 0 Å². The first-order valence-corrected chi connectivity index (χ1v) is 5.42. The van der Waals surface area contributed by atoms with Gasteiger partial charge in [0.15, 0.2) is 0 Å². The van der Waals surface area contributed by atoms with Gasteiger partial charge in [0, 0.05) is 18.3 Å². The summed E-state index contributed by atoms with van der Waals surface area (Å²) in [5.74, 6) is 0.497. The molecule has 2 nitrogen and oxygen atoms in total. The summed E-state index contributed by atoms with van der Waals surface area (Å²) >= 11 is 0. The van der Waals surface area contributed by atoms with E-state index in [0.29, 0.717) is 12.3 Å². The number of unbranched alkanes of at least 4 members (excludes halogenated alkanes) is 1. The van der Waals surface area contributed by atoms with E-state index in [1.807, 2.05) is 0 Å². The van der Waals surface area contributed by atoms with E-state index in [1.165, 1.54) is 0 Å². The number of aliphatic hydroxyl groups is 1. The maximum absolute atomic E-state index is 9.77. The van der Waals surface area contributed by atoms with Gasteiger partial charge in [-0.2, -0.15) is 0 Å². The van der Waals surface area contributed by atoms with Crippen LogP contribution in [0.1, 0.15) is 33.1 Å². The number of allylic oxidation sites excluding steroid dienone is 1. The lowest BCUT2D eigenvalue weighted by molar-refractivity contribution is 0.144. The van der Waals surface area contributed by atoms with Gasteiger partial charge in [0.05, 0.1) is 6.10 Å². The lowest BCUT2D eigenvalue weighted by Crippen LogP contribution is -2.16. The predicted octanol–water partition coefficient (Wildman–Crippen LogP) is 2.65. The highest BCUT2D eigenvalue weighted by Crippen LogP contribution is 2.35. The molecule has 0 aromatic rings. The molecule has 0 aliphatic heterocycles. The maximum atomic E-state index is 9.77. The summed E-state index contributed by atoms with van der Waals surface area (Å²) in [7, 11) is 0. The van der Waals surface area contributed by atoms with E-state index in [2.05, 4.69) is 30.8 Å². The normalized spacial score (nSPS) is 37.6. The van der Waals surface area contributed by atoms with Crippen LogP contribution in [-0.4, -0.2) is 17.3 Å². The average Bonchev–Trinajstić information content (AvgIpc) is 2.45. The van der Waals surface area contributed by atoms with E-state index in [-0.39, 0.29) is 18.1 Å².